The summed E-state index contributed by atoms with van der Waals surface area (Å²) >= 11 is 6.05. The molecule has 108 valence electrons. The normalized spacial score (nSPS) is 11.2. The molecule has 0 bridgehead atoms. The molecule has 4 rings (SSSR count). The number of anilines is 2. The molecule has 0 fully saturated rings. The topological polar surface area (TPSA) is 42.2 Å². The molecule has 0 radical (unpaired) electrons. The van der Waals surface area contributed by atoms with E-state index in [-0.39, 0.29) is 0 Å². The summed E-state index contributed by atoms with van der Waals surface area (Å²) in [6.07, 6.45) is 0. The van der Waals surface area contributed by atoms with Crippen molar-refractivity contribution in [1.82, 2.24) is 14.6 Å². The summed E-state index contributed by atoms with van der Waals surface area (Å²) in [5, 5.41) is 9.56. The van der Waals surface area contributed by atoms with Crippen molar-refractivity contribution in [1.29, 1.82) is 0 Å². The Bertz CT molecular complexity index is 990. The Morgan fingerprint density at radius 1 is 1.05 bits per heavy atom. The monoisotopic (exact) mass is 308 g/mol. The van der Waals surface area contributed by atoms with Gasteiger partial charge < -0.3 is 5.32 Å². The molecular formula is C17H13ClN4. The average molecular weight is 309 g/mol. The summed E-state index contributed by atoms with van der Waals surface area (Å²) in [4.78, 5) is 4.70. The summed E-state index contributed by atoms with van der Waals surface area (Å²) in [5.41, 5.74) is 3.69. The van der Waals surface area contributed by atoms with Gasteiger partial charge in [-0.25, -0.2) is 9.50 Å². The molecule has 5 heteroatoms. The second kappa shape index (κ2) is 5.00. The van der Waals surface area contributed by atoms with Gasteiger partial charge in [-0.2, -0.15) is 5.10 Å². The summed E-state index contributed by atoms with van der Waals surface area (Å²) in [6.45, 7) is 1.97. The van der Waals surface area contributed by atoms with Gasteiger partial charge in [-0.3, -0.25) is 0 Å². The van der Waals surface area contributed by atoms with Crippen LogP contribution >= 0.6 is 11.6 Å². The molecule has 0 saturated carbocycles. The predicted octanol–water partition coefficient (Wildman–Crippen LogP) is 4.59. The zero-order valence-corrected chi connectivity index (χ0v) is 12.7. The lowest BCUT2D eigenvalue weighted by atomic mass is 10.2. The van der Waals surface area contributed by atoms with Gasteiger partial charge in [-0.1, -0.05) is 29.8 Å². The lowest BCUT2D eigenvalue weighted by Crippen LogP contribution is -2.00. The van der Waals surface area contributed by atoms with Crippen LogP contribution in [0.5, 0.6) is 0 Å². The SMILES string of the molecule is Cc1cc2nc(Nc3cccc(Cl)c3)c3ccccc3n2n1. The number of halogens is 1. The van der Waals surface area contributed by atoms with Crippen LogP contribution in [0.15, 0.2) is 54.6 Å². The Balaban J connectivity index is 1.95. The fourth-order valence-corrected chi connectivity index (χ4v) is 2.76. The summed E-state index contributed by atoms with van der Waals surface area (Å²) in [6, 6.07) is 17.6. The van der Waals surface area contributed by atoms with Crippen molar-refractivity contribution in [3.63, 3.8) is 0 Å². The van der Waals surface area contributed by atoms with E-state index in [4.69, 9.17) is 16.6 Å². The standard InChI is InChI=1S/C17H13ClN4/c1-11-9-16-20-17(19-13-6-4-5-12(18)10-13)14-7-2-3-8-15(14)22(16)21-11/h2-10H,1H3,(H,19,20). The van der Waals surface area contributed by atoms with Crippen molar-refractivity contribution < 1.29 is 0 Å². The third-order valence-electron chi connectivity index (χ3n) is 3.51. The first kappa shape index (κ1) is 13.1. The minimum atomic E-state index is 0.690. The van der Waals surface area contributed by atoms with Crippen molar-refractivity contribution >= 4 is 39.7 Å². The first-order valence-electron chi connectivity index (χ1n) is 6.98. The molecule has 0 spiro atoms. The van der Waals surface area contributed by atoms with Gasteiger partial charge in [0.05, 0.1) is 11.2 Å². The molecule has 4 nitrogen and oxygen atoms in total. The van der Waals surface area contributed by atoms with E-state index in [1.165, 1.54) is 0 Å². The molecule has 0 aliphatic carbocycles. The van der Waals surface area contributed by atoms with Crippen LogP contribution in [0.1, 0.15) is 5.69 Å². The fraction of sp³-hybridized carbons (Fsp3) is 0.0588. The van der Waals surface area contributed by atoms with E-state index >= 15 is 0 Å². The van der Waals surface area contributed by atoms with Crippen LogP contribution in [0.25, 0.3) is 16.6 Å². The van der Waals surface area contributed by atoms with Crippen LogP contribution in [0.2, 0.25) is 5.02 Å². The number of para-hydroxylation sites is 1. The number of benzene rings is 2. The summed E-state index contributed by atoms with van der Waals surface area (Å²) < 4.78 is 1.87. The van der Waals surface area contributed by atoms with Crippen LogP contribution in [0.4, 0.5) is 11.5 Å². The molecule has 0 saturated heterocycles. The van der Waals surface area contributed by atoms with Gasteiger partial charge in [-0.05, 0) is 37.3 Å². The van der Waals surface area contributed by atoms with Gasteiger partial charge in [-0.15, -0.1) is 0 Å². The number of aryl methyl sites for hydroxylation is 1. The van der Waals surface area contributed by atoms with Crippen molar-refractivity contribution in [2.45, 2.75) is 6.92 Å². The highest BCUT2D eigenvalue weighted by Crippen LogP contribution is 2.27. The van der Waals surface area contributed by atoms with Crippen LogP contribution in [-0.2, 0) is 0 Å². The molecule has 0 unspecified atom stereocenters. The third-order valence-corrected chi connectivity index (χ3v) is 3.75. The number of fused-ring (bicyclic) bond motifs is 3. The van der Waals surface area contributed by atoms with Gasteiger partial charge in [0.25, 0.3) is 0 Å². The van der Waals surface area contributed by atoms with E-state index in [0.717, 1.165) is 33.7 Å². The van der Waals surface area contributed by atoms with Gasteiger partial charge in [0.15, 0.2) is 5.65 Å². The van der Waals surface area contributed by atoms with E-state index in [2.05, 4.69) is 10.4 Å². The van der Waals surface area contributed by atoms with Crippen LogP contribution in [0.3, 0.4) is 0 Å². The Morgan fingerprint density at radius 3 is 2.77 bits per heavy atom. The Kier molecular flexibility index (Phi) is 2.98. The highest BCUT2D eigenvalue weighted by molar-refractivity contribution is 6.30. The number of hydrogen-bond donors (Lipinski definition) is 1. The second-order valence-electron chi connectivity index (χ2n) is 5.17. The van der Waals surface area contributed by atoms with Gasteiger partial charge in [0, 0.05) is 22.2 Å². The molecule has 2 aromatic heterocycles. The average Bonchev–Trinajstić information content (AvgIpc) is 2.88. The molecule has 1 N–H and O–H groups in total. The number of nitrogens with zero attached hydrogens (tertiary/aromatic N) is 3. The van der Waals surface area contributed by atoms with Crippen LogP contribution < -0.4 is 5.32 Å². The highest BCUT2D eigenvalue weighted by atomic mass is 35.5. The van der Waals surface area contributed by atoms with Crippen molar-refractivity contribution in [3.8, 4) is 0 Å². The maximum absolute atomic E-state index is 6.05. The molecule has 2 heterocycles. The third kappa shape index (κ3) is 2.18. The molecule has 2 aromatic carbocycles. The lowest BCUT2D eigenvalue weighted by molar-refractivity contribution is 0.957. The number of rotatable bonds is 2. The van der Waals surface area contributed by atoms with Gasteiger partial charge in [0.1, 0.15) is 5.82 Å². The van der Waals surface area contributed by atoms with Crippen molar-refractivity contribution in [2.75, 3.05) is 5.32 Å². The Labute approximate surface area is 132 Å². The fourth-order valence-electron chi connectivity index (χ4n) is 2.57. The zero-order chi connectivity index (χ0) is 15.1. The predicted molar refractivity (Wildman–Crippen MR) is 90.0 cm³/mol. The highest BCUT2D eigenvalue weighted by Gasteiger charge is 2.10. The van der Waals surface area contributed by atoms with E-state index < -0.39 is 0 Å². The van der Waals surface area contributed by atoms with E-state index in [1.54, 1.807) is 0 Å². The summed E-state index contributed by atoms with van der Waals surface area (Å²) in [7, 11) is 0. The Hall–Kier alpha value is -2.59. The van der Waals surface area contributed by atoms with Crippen molar-refractivity contribution in [2.24, 2.45) is 0 Å². The molecular weight excluding hydrogens is 296 g/mol. The van der Waals surface area contributed by atoms with E-state index in [9.17, 15) is 0 Å². The number of nitrogens with one attached hydrogen (secondary N) is 1. The number of hydrogen-bond acceptors (Lipinski definition) is 3. The Morgan fingerprint density at radius 2 is 1.91 bits per heavy atom. The smallest absolute Gasteiger partial charge is 0.158 e. The lowest BCUT2D eigenvalue weighted by Gasteiger charge is -2.10. The molecule has 0 aliphatic heterocycles. The quantitative estimate of drug-likeness (QED) is 0.589. The van der Waals surface area contributed by atoms with Crippen LogP contribution in [0, 0.1) is 6.92 Å². The summed E-state index contributed by atoms with van der Waals surface area (Å²) in [5.74, 6) is 0.797. The van der Waals surface area contributed by atoms with E-state index in [0.29, 0.717) is 5.02 Å². The first-order chi connectivity index (χ1) is 10.7. The second-order valence-corrected chi connectivity index (χ2v) is 5.61. The minimum absolute atomic E-state index is 0.690. The molecule has 4 aromatic rings. The molecule has 0 aliphatic rings. The number of aromatic nitrogens is 3. The minimum Gasteiger partial charge on any atom is -0.340 e. The van der Waals surface area contributed by atoms with Crippen molar-refractivity contribution in [3.05, 3.63) is 65.3 Å². The molecule has 0 amide bonds. The maximum Gasteiger partial charge on any atom is 0.158 e. The molecule has 22 heavy (non-hydrogen) atoms. The zero-order valence-electron chi connectivity index (χ0n) is 11.9. The van der Waals surface area contributed by atoms with Gasteiger partial charge >= 0.3 is 0 Å². The first-order valence-corrected chi connectivity index (χ1v) is 7.36. The molecule has 0 atom stereocenters. The van der Waals surface area contributed by atoms with E-state index in [1.807, 2.05) is 66.0 Å². The maximum atomic E-state index is 6.05. The van der Waals surface area contributed by atoms with Gasteiger partial charge in [0.2, 0.25) is 0 Å². The largest absolute Gasteiger partial charge is 0.340 e. The van der Waals surface area contributed by atoms with Crippen LogP contribution in [-0.4, -0.2) is 14.6 Å².